The van der Waals surface area contributed by atoms with Crippen LogP contribution in [0.3, 0.4) is 0 Å². The van der Waals surface area contributed by atoms with Crippen molar-refractivity contribution in [2.24, 2.45) is 0 Å². The molecule has 0 aromatic heterocycles. The Morgan fingerprint density at radius 3 is 2.69 bits per heavy atom. The van der Waals surface area contributed by atoms with Gasteiger partial charge in [0.1, 0.15) is 11.8 Å². The molecule has 0 fully saturated rings. The van der Waals surface area contributed by atoms with Gasteiger partial charge < -0.3 is 20.3 Å². The average molecular weight is 353 g/mol. The first-order chi connectivity index (χ1) is 12.6. The van der Waals surface area contributed by atoms with E-state index in [2.05, 4.69) is 10.6 Å². The molecule has 2 aromatic carbocycles. The van der Waals surface area contributed by atoms with E-state index in [9.17, 15) is 9.59 Å². The molecule has 0 aliphatic carbocycles. The molecule has 0 spiro atoms. The van der Waals surface area contributed by atoms with Crippen LogP contribution in [0.25, 0.3) is 0 Å². The minimum atomic E-state index is -0.639. The highest BCUT2D eigenvalue weighted by atomic mass is 16.5. The number of nitrogens with one attached hydrogen (secondary N) is 2. The number of ether oxygens (including phenoxy) is 1. The van der Waals surface area contributed by atoms with Gasteiger partial charge in [0, 0.05) is 12.2 Å². The zero-order valence-electron chi connectivity index (χ0n) is 15.0. The zero-order valence-corrected chi connectivity index (χ0v) is 15.0. The van der Waals surface area contributed by atoms with E-state index in [0.717, 1.165) is 17.7 Å². The van der Waals surface area contributed by atoms with E-state index in [-0.39, 0.29) is 5.91 Å². The van der Waals surface area contributed by atoms with E-state index in [1.54, 1.807) is 24.0 Å². The van der Waals surface area contributed by atoms with Crippen LogP contribution < -0.4 is 20.3 Å². The predicted octanol–water partition coefficient (Wildman–Crippen LogP) is 3.18. The molecule has 0 radical (unpaired) electrons. The van der Waals surface area contributed by atoms with Crippen molar-refractivity contribution in [1.82, 2.24) is 5.32 Å². The van der Waals surface area contributed by atoms with Crippen LogP contribution in [-0.2, 0) is 11.2 Å². The highest BCUT2D eigenvalue weighted by Gasteiger charge is 2.28. The summed E-state index contributed by atoms with van der Waals surface area (Å²) < 4.78 is 5.49. The summed E-state index contributed by atoms with van der Waals surface area (Å²) in [6.07, 6.45) is 0.836. The van der Waals surface area contributed by atoms with Gasteiger partial charge in [0.05, 0.1) is 12.3 Å². The molecule has 1 aliphatic heterocycles. The number of rotatable bonds is 5. The number of benzene rings is 2. The molecule has 0 saturated carbocycles. The maximum Gasteiger partial charge on any atom is 0.319 e. The Morgan fingerprint density at radius 2 is 1.88 bits per heavy atom. The summed E-state index contributed by atoms with van der Waals surface area (Å²) in [5, 5.41) is 5.45. The van der Waals surface area contributed by atoms with Gasteiger partial charge in [-0.25, -0.2) is 4.79 Å². The fourth-order valence-electron chi connectivity index (χ4n) is 3.07. The molecule has 1 aliphatic rings. The summed E-state index contributed by atoms with van der Waals surface area (Å²) >= 11 is 0. The predicted molar refractivity (Wildman–Crippen MR) is 102 cm³/mol. The van der Waals surface area contributed by atoms with E-state index in [1.165, 1.54) is 0 Å². The number of urea groups is 1. The third-order valence-electron chi connectivity index (χ3n) is 4.31. The van der Waals surface area contributed by atoms with Crippen LogP contribution >= 0.6 is 0 Å². The van der Waals surface area contributed by atoms with E-state index < -0.39 is 12.1 Å². The fraction of sp³-hybridized carbons (Fsp3) is 0.300. The quantitative estimate of drug-likeness (QED) is 0.867. The molecule has 0 saturated heterocycles. The lowest BCUT2D eigenvalue weighted by molar-refractivity contribution is -0.119. The maximum atomic E-state index is 12.7. The summed E-state index contributed by atoms with van der Waals surface area (Å²) in [6.45, 7) is 4.71. The van der Waals surface area contributed by atoms with Crippen molar-refractivity contribution in [2.75, 3.05) is 23.4 Å². The second kappa shape index (κ2) is 7.91. The van der Waals surface area contributed by atoms with Gasteiger partial charge in [0.25, 0.3) is 0 Å². The third kappa shape index (κ3) is 3.79. The van der Waals surface area contributed by atoms with Gasteiger partial charge in [0.2, 0.25) is 5.91 Å². The van der Waals surface area contributed by atoms with Crippen LogP contribution in [-0.4, -0.2) is 31.1 Å². The van der Waals surface area contributed by atoms with Crippen molar-refractivity contribution in [3.05, 3.63) is 54.1 Å². The summed E-state index contributed by atoms with van der Waals surface area (Å²) in [5.41, 5.74) is 2.65. The fourth-order valence-corrected chi connectivity index (χ4v) is 3.07. The first-order valence-corrected chi connectivity index (χ1v) is 8.78. The van der Waals surface area contributed by atoms with E-state index >= 15 is 0 Å². The monoisotopic (exact) mass is 353 g/mol. The van der Waals surface area contributed by atoms with Crippen LogP contribution in [0.1, 0.15) is 19.4 Å². The largest absolute Gasteiger partial charge is 0.492 e. The third-order valence-corrected chi connectivity index (χ3v) is 4.31. The number of amides is 3. The van der Waals surface area contributed by atoms with Crippen molar-refractivity contribution in [3.8, 4) is 5.75 Å². The van der Waals surface area contributed by atoms with Gasteiger partial charge in [-0.1, -0.05) is 30.3 Å². The Balaban J connectivity index is 1.62. The number of anilines is 2. The molecule has 1 atom stereocenters. The van der Waals surface area contributed by atoms with E-state index in [0.29, 0.717) is 24.6 Å². The Bertz CT molecular complexity index is 806. The molecule has 2 N–H and O–H groups in total. The lowest BCUT2D eigenvalue weighted by Gasteiger charge is -2.22. The minimum absolute atomic E-state index is 0.122. The van der Waals surface area contributed by atoms with E-state index in [1.807, 2.05) is 43.3 Å². The summed E-state index contributed by atoms with van der Waals surface area (Å²) in [4.78, 5) is 26.8. The van der Waals surface area contributed by atoms with Crippen LogP contribution in [0, 0.1) is 0 Å². The van der Waals surface area contributed by atoms with Crippen molar-refractivity contribution in [1.29, 1.82) is 0 Å². The zero-order chi connectivity index (χ0) is 18.5. The van der Waals surface area contributed by atoms with Crippen molar-refractivity contribution in [2.45, 2.75) is 26.3 Å². The topological polar surface area (TPSA) is 70.7 Å². The van der Waals surface area contributed by atoms with Crippen LogP contribution in [0.2, 0.25) is 0 Å². The van der Waals surface area contributed by atoms with Crippen molar-refractivity contribution in [3.63, 3.8) is 0 Å². The van der Waals surface area contributed by atoms with Gasteiger partial charge in [-0.05, 0) is 44.0 Å². The summed E-state index contributed by atoms with van der Waals surface area (Å²) in [5.74, 6) is 0.473. The molecule has 136 valence electrons. The molecule has 1 heterocycles. The number of hydrogen-bond acceptors (Lipinski definition) is 3. The van der Waals surface area contributed by atoms with Gasteiger partial charge in [0.15, 0.2) is 0 Å². The highest BCUT2D eigenvalue weighted by molar-refractivity contribution is 6.02. The first kappa shape index (κ1) is 17.8. The number of hydrogen-bond donors (Lipinski definition) is 2. The Labute approximate surface area is 153 Å². The average Bonchev–Trinajstić information content (AvgIpc) is 3.07. The smallest absolute Gasteiger partial charge is 0.319 e. The highest BCUT2D eigenvalue weighted by Crippen LogP contribution is 2.28. The van der Waals surface area contributed by atoms with Gasteiger partial charge in [-0.2, -0.15) is 0 Å². The molecular formula is C20H23N3O3. The molecule has 6 nitrogen and oxygen atoms in total. The number of fused-ring (bicyclic) bond motifs is 1. The standard InChI is InChI=1S/C20H23N3O3/c1-3-26-18-11-7-5-9-16(18)22-20(25)21-14(2)19(24)23-13-12-15-8-4-6-10-17(15)23/h4-11,14H,3,12-13H2,1-2H3,(H2,21,22,25)/t14-/m1/s1. The molecule has 3 amide bonds. The molecule has 0 unspecified atom stereocenters. The SMILES string of the molecule is CCOc1ccccc1NC(=O)N[C@H](C)C(=O)N1CCc2ccccc21. The Kier molecular flexibility index (Phi) is 5.41. The molecular weight excluding hydrogens is 330 g/mol. The molecule has 26 heavy (non-hydrogen) atoms. The second-order valence-electron chi connectivity index (χ2n) is 6.12. The normalized spacial score (nSPS) is 13.7. The van der Waals surface area contributed by atoms with Gasteiger partial charge in [-0.15, -0.1) is 0 Å². The Hall–Kier alpha value is -3.02. The van der Waals surface area contributed by atoms with Crippen LogP contribution in [0.4, 0.5) is 16.2 Å². The summed E-state index contributed by atoms with van der Waals surface area (Å²) in [7, 11) is 0. The molecule has 2 aromatic rings. The first-order valence-electron chi connectivity index (χ1n) is 8.78. The number of carbonyl (C=O) groups is 2. The Morgan fingerprint density at radius 1 is 1.15 bits per heavy atom. The van der Waals surface area contributed by atoms with Gasteiger partial charge >= 0.3 is 6.03 Å². The number of nitrogens with zero attached hydrogens (tertiary/aromatic N) is 1. The molecule has 3 rings (SSSR count). The van der Waals surface area contributed by atoms with Crippen LogP contribution in [0.15, 0.2) is 48.5 Å². The molecule has 0 bridgehead atoms. The number of carbonyl (C=O) groups excluding carboxylic acids is 2. The minimum Gasteiger partial charge on any atom is -0.492 e. The summed E-state index contributed by atoms with van der Waals surface area (Å²) in [6, 6.07) is 14.0. The van der Waals surface area contributed by atoms with Gasteiger partial charge in [-0.3, -0.25) is 4.79 Å². The van der Waals surface area contributed by atoms with Crippen molar-refractivity contribution < 1.29 is 14.3 Å². The molecule has 6 heteroatoms. The maximum absolute atomic E-state index is 12.7. The van der Waals surface area contributed by atoms with Crippen LogP contribution in [0.5, 0.6) is 5.75 Å². The van der Waals surface area contributed by atoms with Crippen molar-refractivity contribution >= 4 is 23.3 Å². The lowest BCUT2D eigenvalue weighted by Crippen LogP contribution is -2.47. The number of para-hydroxylation sites is 3. The lowest BCUT2D eigenvalue weighted by atomic mass is 10.2. The van der Waals surface area contributed by atoms with E-state index in [4.69, 9.17) is 4.74 Å². The second-order valence-corrected chi connectivity index (χ2v) is 6.12.